The van der Waals surface area contributed by atoms with E-state index in [1.54, 1.807) is 29.4 Å². The zero-order chi connectivity index (χ0) is 30.3. The van der Waals surface area contributed by atoms with Crippen molar-refractivity contribution in [1.82, 2.24) is 34.2 Å². The summed E-state index contributed by atoms with van der Waals surface area (Å²) in [5.41, 5.74) is 2.24. The lowest BCUT2D eigenvalue weighted by molar-refractivity contribution is -0.139. The van der Waals surface area contributed by atoms with Crippen LogP contribution in [0.5, 0.6) is 0 Å². The Bertz CT molecular complexity index is 1190. The van der Waals surface area contributed by atoms with Gasteiger partial charge in [-0.25, -0.2) is 9.97 Å². The number of aromatic nitrogens is 4. The van der Waals surface area contributed by atoms with Crippen LogP contribution in [-0.2, 0) is 35.8 Å². The highest BCUT2D eigenvalue weighted by molar-refractivity contribution is 5.67. The Labute approximate surface area is 249 Å². The second kappa shape index (κ2) is 17.4. The second-order valence-corrected chi connectivity index (χ2v) is 11.0. The quantitative estimate of drug-likeness (QED) is 0.158. The fraction of sp³-hybridized carbons (Fsp3) is 0.548. The van der Waals surface area contributed by atoms with E-state index in [1.165, 1.54) is 44.3 Å². The molecule has 0 radical (unpaired) electrons. The Balaban J connectivity index is 1.65. The number of nitrogens with zero attached hydrogens (tertiary/aromatic N) is 6. The smallest absolute Gasteiger partial charge is 0.323 e. The van der Waals surface area contributed by atoms with Crippen molar-refractivity contribution in [1.29, 1.82) is 0 Å². The number of nitrogens with one attached hydrogen (secondary N) is 1. The monoisotopic (exact) mass is 581 g/mol. The van der Waals surface area contributed by atoms with Gasteiger partial charge in [-0.3, -0.25) is 14.5 Å². The number of carboxylic acids is 2. The van der Waals surface area contributed by atoms with Crippen LogP contribution in [-0.4, -0.2) is 89.6 Å². The minimum Gasteiger partial charge on any atom is -0.481 e. The summed E-state index contributed by atoms with van der Waals surface area (Å²) in [5, 5.41) is 19.0. The number of hydrogen-bond acceptors (Lipinski definition) is 7. The number of imidazole rings is 2. The summed E-state index contributed by atoms with van der Waals surface area (Å²) in [5.74, 6) is -0.828. The molecule has 11 nitrogen and oxygen atoms in total. The number of hydrogen-bond donors (Lipinski definition) is 3. The number of rotatable bonds is 21. The zero-order valence-corrected chi connectivity index (χ0v) is 25.3. The molecule has 1 aromatic carbocycles. The third-order valence-electron chi connectivity index (χ3n) is 7.30. The van der Waals surface area contributed by atoms with Gasteiger partial charge >= 0.3 is 11.9 Å². The number of H-pyrrole nitrogens is 1. The average Bonchev–Trinajstić information content (AvgIpc) is 3.63. The summed E-state index contributed by atoms with van der Waals surface area (Å²) in [6.07, 6.45) is 11.1. The molecule has 2 heterocycles. The van der Waals surface area contributed by atoms with Gasteiger partial charge in [0.2, 0.25) is 0 Å². The molecule has 3 rings (SSSR count). The van der Waals surface area contributed by atoms with Crippen LogP contribution in [0.1, 0.15) is 74.8 Å². The molecular formula is C31H47N7O4. The second-order valence-electron chi connectivity index (χ2n) is 11.0. The first-order valence-corrected chi connectivity index (χ1v) is 14.9. The van der Waals surface area contributed by atoms with E-state index in [2.05, 4.69) is 69.9 Å². The molecule has 230 valence electrons. The van der Waals surface area contributed by atoms with E-state index >= 15 is 0 Å². The number of benzene rings is 1. The van der Waals surface area contributed by atoms with Crippen molar-refractivity contribution in [2.24, 2.45) is 0 Å². The van der Waals surface area contributed by atoms with Crippen LogP contribution in [0.2, 0.25) is 0 Å². The van der Waals surface area contributed by atoms with Crippen LogP contribution < -0.4 is 0 Å². The third-order valence-corrected chi connectivity index (χ3v) is 7.30. The van der Waals surface area contributed by atoms with Crippen molar-refractivity contribution >= 4 is 11.9 Å². The van der Waals surface area contributed by atoms with Crippen molar-refractivity contribution in [3.63, 3.8) is 0 Å². The molecule has 0 aliphatic rings. The van der Waals surface area contributed by atoms with E-state index in [-0.39, 0.29) is 19.5 Å². The Kier molecular flexibility index (Phi) is 13.7. The minimum atomic E-state index is -0.968. The molecule has 0 aliphatic heterocycles. The van der Waals surface area contributed by atoms with Crippen LogP contribution in [0.3, 0.4) is 0 Å². The first-order chi connectivity index (χ1) is 20.3. The van der Waals surface area contributed by atoms with Gasteiger partial charge in [0, 0.05) is 37.9 Å². The van der Waals surface area contributed by atoms with Crippen molar-refractivity contribution in [3.05, 3.63) is 71.8 Å². The highest BCUT2D eigenvalue weighted by Gasteiger charge is 2.27. The molecular weight excluding hydrogens is 534 g/mol. The van der Waals surface area contributed by atoms with E-state index in [1.807, 2.05) is 4.90 Å². The van der Waals surface area contributed by atoms with Crippen LogP contribution >= 0.6 is 0 Å². The highest BCUT2D eigenvalue weighted by atomic mass is 16.4. The maximum atomic E-state index is 11.8. The number of aliphatic carboxylic acids is 2. The van der Waals surface area contributed by atoms with Gasteiger partial charge in [0.05, 0.1) is 19.0 Å². The molecule has 2 aromatic heterocycles. The fourth-order valence-corrected chi connectivity index (χ4v) is 5.32. The average molecular weight is 582 g/mol. The number of carbonyl (C=O) groups is 2. The molecule has 3 N–H and O–H groups in total. The van der Waals surface area contributed by atoms with Crippen LogP contribution in [0.15, 0.2) is 49.1 Å². The van der Waals surface area contributed by atoms with Crippen molar-refractivity contribution in [3.8, 4) is 0 Å². The SMILES string of the molecule is CCCN(CCC)CCCCN(C)Cc1ccc(CN(Cc2nccn2CC(=O)O)C(CC(=O)O)c2ncc[nH]2)cc1. The molecule has 11 heteroatoms. The van der Waals surface area contributed by atoms with Crippen molar-refractivity contribution in [2.45, 2.75) is 78.2 Å². The highest BCUT2D eigenvalue weighted by Crippen LogP contribution is 2.26. The number of aromatic amines is 1. The van der Waals surface area contributed by atoms with E-state index in [9.17, 15) is 19.8 Å². The lowest BCUT2D eigenvalue weighted by atomic mass is 10.1. The largest absolute Gasteiger partial charge is 0.481 e. The van der Waals surface area contributed by atoms with Gasteiger partial charge in [0.25, 0.3) is 0 Å². The van der Waals surface area contributed by atoms with Gasteiger partial charge in [-0.15, -0.1) is 0 Å². The molecule has 0 amide bonds. The number of unbranched alkanes of at least 4 members (excludes halogenated alkanes) is 1. The number of carboxylic acid groups (broad SMARTS) is 2. The summed E-state index contributed by atoms with van der Waals surface area (Å²) in [4.78, 5) is 41.9. The van der Waals surface area contributed by atoms with Crippen LogP contribution in [0, 0.1) is 0 Å². The van der Waals surface area contributed by atoms with Gasteiger partial charge in [-0.2, -0.15) is 0 Å². The standard InChI is InChI=1S/C31H47N7O4/c1-4-15-36(16-5-2)18-7-6-17-35(3)21-25-8-10-26(11-9-25)22-38(23-28-32-14-19-37(28)24-30(41)42)27(20-29(39)40)31-33-12-13-34-31/h8-14,19,27H,4-7,15-18,20-24H2,1-3H3,(H,33,34)(H,39,40)(H,41,42). The molecule has 0 aliphatic carbocycles. The van der Waals surface area contributed by atoms with Gasteiger partial charge in [0.1, 0.15) is 18.2 Å². The van der Waals surface area contributed by atoms with Gasteiger partial charge in [0.15, 0.2) is 0 Å². The molecule has 3 aromatic rings. The van der Waals surface area contributed by atoms with E-state index < -0.39 is 18.0 Å². The molecule has 0 spiro atoms. The fourth-order valence-electron chi connectivity index (χ4n) is 5.32. The predicted molar refractivity (Wildman–Crippen MR) is 162 cm³/mol. The van der Waals surface area contributed by atoms with Crippen molar-refractivity contribution < 1.29 is 19.8 Å². The topological polar surface area (TPSA) is 131 Å². The summed E-state index contributed by atoms with van der Waals surface area (Å²) in [6, 6.07) is 7.85. The Hall–Kier alpha value is -3.54. The van der Waals surface area contributed by atoms with Gasteiger partial charge in [-0.1, -0.05) is 38.1 Å². The molecule has 1 unspecified atom stereocenters. The lowest BCUT2D eigenvalue weighted by Gasteiger charge is -2.29. The minimum absolute atomic E-state index is 0.162. The molecule has 42 heavy (non-hydrogen) atoms. The normalized spacial score (nSPS) is 12.4. The zero-order valence-electron chi connectivity index (χ0n) is 25.3. The predicted octanol–water partition coefficient (Wildman–Crippen LogP) is 4.24. The third kappa shape index (κ3) is 11.0. The summed E-state index contributed by atoms with van der Waals surface area (Å²) >= 11 is 0. The maximum absolute atomic E-state index is 11.8. The summed E-state index contributed by atoms with van der Waals surface area (Å²) in [6.45, 7) is 10.4. The van der Waals surface area contributed by atoms with E-state index in [4.69, 9.17) is 0 Å². The van der Waals surface area contributed by atoms with Gasteiger partial charge < -0.3 is 29.6 Å². The summed E-state index contributed by atoms with van der Waals surface area (Å²) < 4.78 is 1.57. The van der Waals surface area contributed by atoms with Gasteiger partial charge in [-0.05, 0) is 70.0 Å². The molecule has 0 saturated heterocycles. The molecule has 1 atom stereocenters. The first-order valence-electron chi connectivity index (χ1n) is 14.9. The summed E-state index contributed by atoms with van der Waals surface area (Å²) in [7, 11) is 2.16. The molecule has 0 fully saturated rings. The van der Waals surface area contributed by atoms with Crippen molar-refractivity contribution in [2.75, 3.05) is 33.2 Å². The Morgan fingerprint density at radius 3 is 2.14 bits per heavy atom. The Morgan fingerprint density at radius 1 is 0.881 bits per heavy atom. The first kappa shape index (κ1) is 33.0. The molecule has 0 bridgehead atoms. The van der Waals surface area contributed by atoms with Crippen LogP contribution in [0.4, 0.5) is 0 Å². The van der Waals surface area contributed by atoms with Crippen LogP contribution in [0.25, 0.3) is 0 Å². The maximum Gasteiger partial charge on any atom is 0.323 e. The van der Waals surface area contributed by atoms with E-state index in [0.717, 1.165) is 25.2 Å². The Morgan fingerprint density at radius 2 is 1.55 bits per heavy atom. The molecule has 0 saturated carbocycles. The van der Waals surface area contributed by atoms with E-state index in [0.29, 0.717) is 18.2 Å². The lowest BCUT2D eigenvalue weighted by Crippen LogP contribution is -2.32.